The lowest BCUT2D eigenvalue weighted by Gasteiger charge is -2.09. The minimum absolute atomic E-state index is 0.282. The summed E-state index contributed by atoms with van der Waals surface area (Å²) in [5.41, 5.74) is 1.50. The zero-order valence-corrected chi connectivity index (χ0v) is 8.19. The highest BCUT2D eigenvalue weighted by atomic mass is 19.1. The summed E-state index contributed by atoms with van der Waals surface area (Å²) in [4.78, 5) is 0. The van der Waals surface area contributed by atoms with E-state index in [2.05, 4.69) is 0 Å². The summed E-state index contributed by atoms with van der Waals surface area (Å²) in [6, 6.07) is 2.85. The molecule has 0 spiro atoms. The van der Waals surface area contributed by atoms with Gasteiger partial charge in [0.2, 0.25) is 0 Å². The Kier molecular flexibility index (Phi) is 3.19. The van der Waals surface area contributed by atoms with E-state index in [1.165, 1.54) is 0 Å². The maximum Gasteiger partial charge on any atom is 0.129 e. The van der Waals surface area contributed by atoms with E-state index < -0.39 is 11.6 Å². The van der Waals surface area contributed by atoms with Gasteiger partial charge in [-0.25, -0.2) is 8.78 Å². The molecule has 0 radical (unpaired) electrons. The van der Waals surface area contributed by atoms with E-state index in [-0.39, 0.29) is 6.42 Å². The molecule has 0 aliphatic carbocycles. The second-order valence-corrected chi connectivity index (χ2v) is 3.23. The molecule has 1 aromatic rings. The molecule has 0 unspecified atom stereocenters. The summed E-state index contributed by atoms with van der Waals surface area (Å²) < 4.78 is 26.2. The van der Waals surface area contributed by atoms with E-state index in [9.17, 15) is 8.78 Å². The van der Waals surface area contributed by atoms with Crippen molar-refractivity contribution in [1.82, 2.24) is 0 Å². The molecule has 1 rings (SSSR count). The molecule has 74 valence electrons. The molecule has 1 aromatic carbocycles. The molecule has 14 heavy (non-hydrogen) atoms. The molecule has 1 nitrogen and oxygen atoms in total. The summed E-state index contributed by atoms with van der Waals surface area (Å²) in [7, 11) is 0. The van der Waals surface area contributed by atoms with Gasteiger partial charge in [-0.3, -0.25) is 0 Å². The van der Waals surface area contributed by atoms with Crippen LogP contribution in [-0.2, 0) is 6.42 Å². The predicted octanol–water partition coefficient (Wildman–Crippen LogP) is 3.04. The lowest BCUT2D eigenvalue weighted by molar-refractivity contribution is 0.566. The van der Waals surface area contributed by atoms with Crippen molar-refractivity contribution in [3.8, 4) is 6.07 Å². The zero-order valence-electron chi connectivity index (χ0n) is 8.19. The van der Waals surface area contributed by atoms with Crippen LogP contribution in [0.4, 0.5) is 8.78 Å². The van der Waals surface area contributed by atoms with Crippen LogP contribution in [0.15, 0.2) is 6.07 Å². The van der Waals surface area contributed by atoms with Gasteiger partial charge in [-0.15, -0.1) is 0 Å². The highest BCUT2D eigenvalue weighted by Crippen LogP contribution is 2.21. The first kappa shape index (κ1) is 10.6. The summed E-state index contributed by atoms with van der Waals surface area (Å²) >= 11 is 0. The fraction of sp³-hybridized carbons (Fsp3) is 0.364. The summed E-state index contributed by atoms with van der Waals surface area (Å²) in [5, 5.41) is 8.41. The Bertz CT molecular complexity index is 365. The third-order valence-corrected chi connectivity index (χ3v) is 2.36. The SMILES string of the molecule is Cc1c(F)cc(F)c(C)c1CCC#N. The lowest BCUT2D eigenvalue weighted by atomic mass is 9.98. The average molecular weight is 195 g/mol. The summed E-state index contributed by atoms with van der Waals surface area (Å²) in [5.74, 6) is -1.08. The second kappa shape index (κ2) is 4.19. The number of halogens is 2. The van der Waals surface area contributed by atoms with Crippen LogP contribution < -0.4 is 0 Å². The molecule has 0 aliphatic rings. The number of rotatable bonds is 2. The molecule has 0 fully saturated rings. The van der Waals surface area contributed by atoms with Gasteiger partial charge in [0.15, 0.2) is 0 Å². The minimum Gasteiger partial charge on any atom is -0.207 e. The minimum atomic E-state index is -0.541. The number of hydrogen-bond donors (Lipinski definition) is 0. The average Bonchev–Trinajstić information content (AvgIpc) is 2.15. The van der Waals surface area contributed by atoms with Gasteiger partial charge in [0.05, 0.1) is 6.07 Å². The predicted molar refractivity (Wildman–Crippen MR) is 49.8 cm³/mol. The molecular weight excluding hydrogens is 184 g/mol. The molecule has 0 bridgehead atoms. The molecular formula is C11H11F2N. The normalized spacial score (nSPS) is 9.93. The number of hydrogen-bond acceptors (Lipinski definition) is 1. The van der Waals surface area contributed by atoms with Crippen molar-refractivity contribution >= 4 is 0 Å². The lowest BCUT2D eigenvalue weighted by Crippen LogP contribution is -2.00. The third-order valence-electron chi connectivity index (χ3n) is 2.36. The van der Waals surface area contributed by atoms with E-state index in [1.54, 1.807) is 13.8 Å². The highest BCUT2D eigenvalue weighted by Gasteiger charge is 2.11. The molecule has 0 saturated carbocycles. The van der Waals surface area contributed by atoms with Gasteiger partial charge in [-0.2, -0.15) is 5.26 Å². The fourth-order valence-corrected chi connectivity index (χ4v) is 1.45. The largest absolute Gasteiger partial charge is 0.207 e. The molecule has 0 aliphatic heterocycles. The van der Waals surface area contributed by atoms with Crippen molar-refractivity contribution in [2.75, 3.05) is 0 Å². The Morgan fingerprint density at radius 3 is 2.14 bits per heavy atom. The highest BCUT2D eigenvalue weighted by molar-refractivity contribution is 5.36. The van der Waals surface area contributed by atoms with Crippen LogP contribution >= 0.6 is 0 Å². The van der Waals surface area contributed by atoms with Crippen molar-refractivity contribution in [3.63, 3.8) is 0 Å². The number of nitriles is 1. The number of nitrogens with zero attached hydrogens (tertiary/aromatic N) is 1. The first-order valence-electron chi connectivity index (χ1n) is 4.39. The van der Waals surface area contributed by atoms with Crippen LogP contribution in [0.25, 0.3) is 0 Å². The van der Waals surface area contributed by atoms with E-state index >= 15 is 0 Å². The second-order valence-electron chi connectivity index (χ2n) is 3.23. The van der Waals surface area contributed by atoms with E-state index in [4.69, 9.17) is 5.26 Å². The fourth-order valence-electron chi connectivity index (χ4n) is 1.45. The molecule has 3 heteroatoms. The summed E-state index contributed by atoms with van der Waals surface area (Å²) in [6.45, 7) is 3.21. The maximum atomic E-state index is 13.1. The Morgan fingerprint density at radius 1 is 1.21 bits per heavy atom. The molecule has 0 amide bonds. The molecule has 0 heterocycles. The van der Waals surface area contributed by atoms with Gasteiger partial charge in [-0.05, 0) is 37.0 Å². The first-order chi connectivity index (χ1) is 6.57. The van der Waals surface area contributed by atoms with E-state index in [1.807, 2.05) is 6.07 Å². The Balaban J connectivity index is 3.19. The smallest absolute Gasteiger partial charge is 0.129 e. The van der Waals surface area contributed by atoms with Crippen molar-refractivity contribution in [2.45, 2.75) is 26.7 Å². The van der Waals surface area contributed by atoms with Gasteiger partial charge in [-0.1, -0.05) is 0 Å². The molecule has 0 aromatic heterocycles. The Morgan fingerprint density at radius 2 is 1.71 bits per heavy atom. The van der Waals surface area contributed by atoms with Gasteiger partial charge in [0.25, 0.3) is 0 Å². The van der Waals surface area contributed by atoms with Crippen LogP contribution in [0.3, 0.4) is 0 Å². The van der Waals surface area contributed by atoms with Crippen LogP contribution in [0.2, 0.25) is 0 Å². The number of benzene rings is 1. The quantitative estimate of drug-likeness (QED) is 0.711. The maximum absolute atomic E-state index is 13.1. The summed E-state index contributed by atoms with van der Waals surface area (Å²) in [6.07, 6.45) is 0.688. The van der Waals surface area contributed by atoms with Crippen molar-refractivity contribution < 1.29 is 8.78 Å². The Hall–Kier alpha value is -1.43. The standard InChI is InChI=1S/C11H11F2N/c1-7-9(4-3-5-14)8(2)11(13)6-10(7)12/h6H,3-4H2,1-2H3. The van der Waals surface area contributed by atoms with Crippen LogP contribution in [0.5, 0.6) is 0 Å². The van der Waals surface area contributed by atoms with E-state index in [0.717, 1.165) is 6.07 Å². The van der Waals surface area contributed by atoms with Gasteiger partial charge in [0.1, 0.15) is 11.6 Å². The van der Waals surface area contributed by atoms with Crippen LogP contribution in [-0.4, -0.2) is 0 Å². The molecule has 0 N–H and O–H groups in total. The van der Waals surface area contributed by atoms with Crippen molar-refractivity contribution in [3.05, 3.63) is 34.4 Å². The van der Waals surface area contributed by atoms with Crippen molar-refractivity contribution in [1.29, 1.82) is 5.26 Å². The Labute approximate surface area is 82.0 Å². The monoisotopic (exact) mass is 195 g/mol. The zero-order chi connectivity index (χ0) is 10.7. The first-order valence-corrected chi connectivity index (χ1v) is 4.39. The molecule has 0 atom stereocenters. The van der Waals surface area contributed by atoms with Crippen LogP contribution in [0, 0.1) is 36.8 Å². The van der Waals surface area contributed by atoms with E-state index in [0.29, 0.717) is 23.1 Å². The van der Waals surface area contributed by atoms with Gasteiger partial charge < -0.3 is 0 Å². The molecule has 0 saturated heterocycles. The van der Waals surface area contributed by atoms with Crippen molar-refractivity contribution in [2.24, 2.45) is 0 Å². The topological polar surface area (TPSA) is 23.8 Å². The van der Waals surface area contributed by atoms with Gasteiger partial charge in [0, 0.05) is 12.5 Å². The third kappa shape index (κ3) is 1.90. The van der Waals surface area contributed by atoms with Gasteiger partial charge >= 0.3 is 0 Å². The van der Waals surface area contributed by atoms with Crippen LogP contribution in [0.1, 0.15) is 23.1 Å².